The summed E-state index contributed by atoms with van der Waals surface area (Å²) in [4.78, 5) is 53.4. The van der Waals surface area contributed by atoms with Crippen molar-refractivity contribution in [1.29, 1.82) is 0 Å². The Morgan fingerprint density at radius 1 is 1.07 bits per heavy atom. The SMILES string of the molecule is CN1C(=O)[N+](CC(C)(C)C)(OC(=O)C(F)(F)F)c2ccc(N3CC4CCC3CN4C(=O)c3ccccc3Cl)nc21. The summed E-state index contributed by atoms with van der Waals surface area (Å²) in [5.74, 6) is -1.95. The van der Waals surface area contributed by atoms with E-state index in [-0.39, 0.29) is 36.0 Å². The van der Waals surface area contributed by atoms with E-state index in [9.17, 15) is 27.6 Å². The highest BCUT2D eigenvalue weighted by Crippen LogP contribution is 2.46. The van der Waals surface area contributed by atoms with Crippen molar-refractivity contribution in [3.63, 3.8) is 0 Å². The molecule has 0 saturated carbocycles. The number of anilines is 2. The fourth-order valence-electron chi connectivity index (χ4n) is 5.84. The summed E-state index contributed by atoms with van der Waals surface area (Å²) in [6.45, 7) is 5.94. The van der Waals surface area contributed by atoms with Crippen LogP contribution in [0.1, 0.15) is 44.0 Å². The van der Waals surface area contributed by atoms with Crippen molar-refractivity contribution in [2.75, 3.05) is 36.5 Å². The molecule has 6 rings (SSSR count). The zero-order valence-electron chi connectivity index (χ0n) is 22.5. The largest absolute Gasteiger partial charge is 0.497 e. The molecule has 214 valence electrons. The summed E-state index contributed by atoms with van der Waals surface area (Å²) in [5, 5.41) is 0.391. The number of aromatic nitrogens is 1. The number of alkyl halides is 3. The zero-order valence-corrected chi connectivity index (χ0v) is 23.3. The lowest BCUT2D eigenvalue weighted by Gasteiger charge is -2.52. The number of halogens is 4. The van der Waals surface area contributed by atoms with E-state index in [2.05, 4.69) is 9.88 Å². The maximum absolute atomic E-state index is 13.5. The van der Waals surface area contributed by atoms with Gasteiger partial charge in [0.2, 0.25) is 11.5 Å². The second-order valence-electron chi connectivity index (χ2n) is 11.7. The molecule has 2 aromatic rings. The number of piperazine rings is 1. The number of hydrogen-bond donors (Lipinski definition) is 0. The van der Waals surface area contributed by atoms with Crippen molar-refractivity contribution < 1.29 is 32.4 Å². The Bertz CT molecular complexity index is 1380. The first-order valence-electron chi connectivity index (χ1n) is 12.9. The predicted octanol–water partition coefficient (Wildman–Crippen LogP) is 5.17. The molecule has 9 nitrogen and oxygen atoms in total. The molecule has 4 aliphatic rings. The van der Waals surface area contributed by atoms with Crippen LogP contribution in [0.25, 0.3) is 0 Å². The Morgan fingerprint density at radius 2 is 1.75 bits per heavy atom. The molecule has 13 heteroatoms. The van der Waals surface area contributed by atoms with Gasteiger partial charge in [0.1, 0.15) is 12.4 Å². The fraction of sp³-hybridized carbons (Fsp3) is 0.481. The average Bonchev–Trinajstić information content (AvgIpc) is 3.08. The summed E-state index contributed by atoms with van der Waals surface area (Å²) >= 11 is 6.27. The minimum absolute atomic E-state index is 0.0544. The van der Waals surface area contributed by atoms with E-state index in [1.807, 2.05) is 4.90 Å². The molecule has 3 atom stereocenters. The van der Waals surface area contributed by atoms with Crippen molar-refractivity contribution in [2.24, 2.45) is 5.41 Å². The molecule has 3 fully saturated rings. The number of carbonyl (C=O) groups is 3. The van der Waals surface area contributed by atoms with Gasteiger partial charge in [-0.1, -0.05) is 44.5 Å². The van der Waals surface area contributed by atoms with Crippen molar-refractivity contribution in [2.45, 2.75) is 51.9 Å². The molecule has 0 N–H and O–H groups in total. The maximum Gasteiger partial charge on any atom is 0.497 e. The number of carbonyl (C=O) groups excluding carboxylic acids is 3. The summed E-state index contributed by atoms with van der Waals surface area (Å²) in [6, 6.07) is 9.06. The number of rotatable bonds is 4. The first-order valence-corrected chi connectivity index (χ1v) is 13.3. The second kappa shape index (κ2) is 9.62. The quantitative estimate of drug-likeness (QED) is 0.464. The lowest BCUT2D eigenvalue weighted by Crippen LogP contribution is -2.64. The van der Waals surface area contributed by atoms with E-state index in [1.54, 1.807) is 51.1 Å². The number of hydroxylamine groups is 2. The first-order chi connectivity index (χ1) is 18.6. The van der Waals surface area contributed by atoms with Crippen LogP contribution < -0.4 is 14.4 Å². The van der Waals surface area contributed by atoms with Gasteiger partial charge in [0, 0.05) is 43.7 Å². The molecule has 1 aromatic carbocycles. The summed E-state index contributed by atoms with van der Waals surface area (Å²) in [6.07, 6.45) is -3.66. The van der Waals surface area contributed by atoms with Crippen molar-refractivity contribution in [1.82, 2.24) is 14.5 Å². The van der Waals surface area contributed by atoms with Crippen LogP contribution >= 0.6 is 11.6 Å². The number of quaternary nitrogens is 1. The van der Waals surface area contributed by atoms with Crippen LogP contribution in [0.2, 0.25) is 5.02 Å². The van der Waals surface area contributed by atoms with Crippen molar-refractivity contribution >= 4 is 46.8 Å². The molecule has 40 heavy (non-hydrogen) atoms. The lowest BCUT2D eigenvalue weighted by molar-refractivity contribution is -0.226. The van der Waals surface area contributed by atoms with Crippen molar-refractivity contribution in [3.05, 3.63) is 47.0 Å². The van der Waals surface area contributed by atoms with Gasteiger partial charge in [-0.25, -0.2) is 19.5 Å². The van der Waals surface area contributed by atoms with E-state index in [1.165, 1.54) is 13.1 Å². The lowest BCUT2D eigenvalue weighted by atomic mass is 9.90. The van der Waals surface area contributed by atoms with Gasteiger partial charge in [0.05, 0.1) is 10.6 Å². The Kier molecular flexibility index (Phi) is 6.77. The first kappa shape index (κ1) is 28.2. The van der Waals surface area contributed by atoms with Gasteiger partial charge >= 0.3 is 18.2 Å². The number of benzene rings is 1. The topological polar surface area (TPSA) is 83.0 Å². The summed E-state index contributed by atoms with van der Waals surface area (Å²) in [5.41, 5.74) is -0.186. The molecule has 4 aliphatic heterocycles. The third-order valence-electron chi connectivity index (χ3n) is 7.50. The van der Waals surface area contributed by atoms with Crippen LogP contribution in [0.4, 0.5) is 35.3 Å². The van der Waals surface area contributed by atoms with Gasteiger partial charge in [0.25, 0.3) is 5.91 Å². The molecule has 2 bridgehead atoms. The highest BCUT2D eigenvalue weighted by atomic mass is 35.5. The van der Waals surface area contributed by atoms with Crippen LogP contribution in [-0.4, -0.2) is 72.7 Å². The predicted molar refractivity (Wildman–Crippen MR) is 143 cm³/mol. The zero-order chi connectivity index (χ0) is 29.2. The molecule has 3 amide bonds. The maximum atomic E-state index is 13.5. The van der Waals surface area contributed by atoms with E-state index in [4.69, 9.17) is 16.4 Å². The molecule has 1 aromatic heterocycles. The van der Waals surface area contributed by atoms with Crippen LogP contribution in [0.3, 0.4) is 0 Å². The molecule has 0 aliphatic carbocycles. The number of amides is 3. The van der Waals surface area contributed by atoms with Crippen LogP contribution in [0, 0.1) is 5.41 Å². The van der Waals surface area contributed by atoms with Gasteiger partial charge in [-0.15, -0.1) is 0 Å². The molecular formula is C27H30ClF3N5O4+. The molecule has 3 saturated heterocycles. The van der Waals surface area contributed by atoms with E-state index in [0.717, 1.165) is 17.7 Å². The summed E-state index contributed by atoms with van der Waals surface area (Å²) in [7, 11) is 1.40. The van der Waals surface area contributed by atoms with E-state index in [0.29, 0.717) is 29.5 Å². The van der Waals surface area contributed by atoms with E-state index >= 15 is 0 Å². The van der Waals surface area contributed by atoms with Gasteiger partial charge < -0.3 is 9.80 Å². The van der Waals surface area contributed by atoms with Gasteiger partial charge in [-0.3, -0.25) is 9.63 Å². The Balaban J connectivity index is 1.46. The van der Waals surface area contributed by atoms with Gasteiger partial charge in [-0.05, 0) is 35.7 Å². The average molecular weight is 581 g/mol. The molecular weight excluding hydrogens is 551 g/mol. The molecule has 0 spiro atoms. The number of nitrogens with zero attached hydrogens (tertiary/aromatic N) is 5. The van der Waals surface area contributed by atoms with Gasteiger partial charge in [-0.2, -0.15) is 13.2 Å². The van der Waals surface area contributed by atoms with Crippen LogP contribution in [-0.2, 0) is 9.63 Å². The fourth-order valence-corrected chi connectivity index (χ4v) is 6.05. The number of hydrogen-bond acceptors (Lipinski definition) is 6. The van der Waals surface area contributed by atoms with Crippen molar-refractivity contribution in [3.8, 4) is 0 Å². The second-order valence-corrected chi connectivity index (χ2v) is 12.1. The van der Waals surface area contributed by atoms with Crippen LogP contribution in [0.5, 0.6) is 0 Å². The highest BCUT2D eigenvalue weighted by molar-refractivity contribution is 6.33. The number of pyridine rings is 1. The molecule has 5 heterocycles. The standard InChI is InChI=1S/C27H30ClF3N5O4/c1-26(2,3)15-36(40-24(38)27(29,30)31)20-11-12-21(32-22(20)33(4)25(36)39)34-13-17-10-9-16(34)14-35(17)23(37)18-7-5-6-8-19(18)28/h5-8,11-12,16-17H,9-10,13-15H2,1-4H3/q+1. The Labute approximate surface area is 234 Å². The molecule has 0 radical (unpaired) electrons. The highest BCUT2D eigenvalue weighted by Gasteiger charge is 2.61. The number of fused-ring (bicyclic) bond motifs is 4. The monoisotopic (exact) mass is 580 g/mol. The normalized spacial score (nSPS) is 24.4. The number of piperidine rings is 2. The minimum Gasteiger partial charge on any atom is -0.350 e. The Morgan fingerprint density at radius 3 is 2.35 bits per heavy atom. The third-order valence-corrected chi connectivity index (χ3v) is 7.83. The summed E-state index contributed by atoms with van der Waals surface area (Å²) < 4.78 is 38.5. The smallest absolute Gasteiger partial charge is 0.350 e. The van der Waals surface area contributed by atoms with Crippen LogP contribution in [0.15, 0.2) is 36.4 Å². The minimum atomic E-state index is -5.28. The molecule has 3 unspecified atom stereocenters. The third kappa shape index (κ3) is 4.77. The van der Waals surface area contributed by atoms with Gasteiger partial charge in [0.15, 0.2) is 0 Å². The number of urea groups is 1. The Hall–Kier alpha value is -3.38. The van der Waals surface area contributed by atoms with E-state index < -0.39 is 28.2 Å².